The molecular formula is C19H25N3O4. The van der Waals surface area contributed by atoms with Crippen molar-refractivity contribution in [2.45, 2.75) is 34.3 Å². The summed E-state index contributed by atoms with van der Waals surface area (Å²) in [6.07, 6.45) is 0. The van der Waals surface area contributed by atoms with E-state index in [0.717, 1.165) is 17.0 Å². The fourth-order valence-electron chi connectivity index (χ4n) is 2.26. The van der Waals surface area contributed by atoms with E-state index in [0.29, 0.717) is 31.0 Å². The molecule has 0 bridgehead atoms. The third-order valence-corrected chi connectivity index (χ3v) is 3.89. The second-order valence-electron chi connectivity index (χ2n) is 6.32. The standard InChI is InChI=1S/C19H25N3O4/c1-12(2)18(23)20-8-9-21-19(24)15-6-5-7-16(10-15)25-11-17-13(3)22-26-14(17)4/h5-7,10,12H,8-9,11H2,1-4H3,(H,20,23)(H,21,24). The third-order valence-electron chi connectivity index (χ3n) is 3.89. The largest absolute Gasteiger partial charge is 0.489 e. The van der Waals surface area contributed by atoms with Crippen molar-refractivity contribution >= 4 is 11.8 Å². The summed E-state index contributed by atoms with van der Waals surface area (Å²) >= 11 is 0. The van der Waals surface area contributed by atoms with Gasteiger partial charge in [0.25, 0.3) is 5.91 Å². The molecule has 7 nitrogen and oxygen atoms in total. The smallest absolute Gasteiger partial charge is 0.251 e. The quantitative estimate of drug-likeness (QED) is 0.706. The Morgan fingerprint density at radius 2 is 1.92 bits per heavy atom. The lowest BCUT2D eigenvalue weighted by atomic mass is 10.2. The Kier molecular flexibility index (Phi) is 6.77. The van der Waals surface area contributed by atoms with E-state index < -0.39 is 0 Å². The van der Waals surface area contributed by atoms with Crippen LogP contribution in [0.15, 0.2) is 28.8 Å². The third kappa shape index (κ3) is 5.34. The summed E-state index contributed by atoms with van der Waals surface area (Å²) in [4.78, 5) is 23.7. The van der Waals surface area contributed by atoms with Crippen molar-refractivity contribution in [3.05, 3.63) is 46.8 Å². The second kappa shape index (κ2) is 9.03. The van der Waals surface area contributed by atoms with Gasteiger partial charge in [0.1, 0.15) is 18.1 Å². The summed E-state index contributed by atoms with van der Waals surface area (Å²) in [5.41, 5.74) is 2.19. The number of benzene rings is 1. The normalized spacial score (nSPS) is 10.7. The Balaban J connectivity index is 1.85. The van der Waals surface area contributed by atoms with Crippen LogP contribution in [-0.4, -0.2) is 30.1 Å². The van der Waals surface area contributed by atoms with Gasteiger partial charge in [-0.15, -0.1) is 0 Å². The fraction of sp³-hybridized carbons (Fsp3) is 0.421. The summed E-state index contributed by atoms with van der Waals surface area (Å²) < 4.78 is 10.9. The van der Waals surface area contributed by atoms with Gasteiger partial charge in [-0.2, -0.15) is 0 Å². The highest BCUT2D eigenvalue weighted by Crippen LogP contribution is 2.18. The number of carbonyl (C=O) groups is 2. The molecule has 1 heterocycles. The molecule has 140 valence electrons. The van der Waals surface area contributed by atoms with Crippen molar-refractivity contribution in [1.82, 2.24) is 15.8 Å². The van der Waals surface area contributed by atoms with Crippen LogP contribution in [0, 0.1) is 19.8 Å². The second-order valence-corrected chi connectivity index (χ2v) is 6.32. The first-order chi connectivity index (χ1) is 12.4. The Hall–Kier alpha value is -2.83. The molecule has 1 aromatic carbocycles. The number of rotatable bonds is 8. The molecular weight excluding hydrogens is 334 g/mol. The molecule has 2 rings (SSSR count). The van der Waals surface area contributed by atoms with Crippen LogP contribution < -0.4 is 15.4 Å². The molecule has 0 aliphatic rings. The van der Waals surface area contributed by atoms with E-state index in [1.54, 1.807) is 24.3 Å². The maximum atomic E-state index is 12.2. The van der Waals surface area contributed by atoms with Gasteiger partial charge >= 0.3 is 0 Å². The molecule has 0 atom stereocenters. The van der Waals surface area contributed by atoms with Crippen molar-refractivity contribution in [1.29, 1.82) is 0 Å². The predicted molar refractivity (Wildman–Crippen MR) is 96.9 cm³/mol. The first kappa shape index (κ1) is 19.5. The predicted octanol–water partition coefficient (Wildman–Crippen LogP) is 2.37. The van der Waals surface area contributed by atoms with Crippen LogP contribution in [0.4, 0.5) is 0 Å². The zero-order valence-electron chi connectivity index (χ0n) is 15.6. The van der Waals surface area contributed by atoms with E-state index >= 15 is 0 Å². The molecule has 0 radical (unpaired) electrons. The highest BCUT2D eigenvalue weighted by atomic mass is 16.5. The van der Waals surface area contributed by atoms with Gasteiger partial charge in [-0.05, 0) is 32.0 Å². The number of ether oxygens (including phenoxy) is 1. The summed E-state index contributed by atoms with van der Waals surface area (Å²) in [6, 6.07) is 6.95. The molecule has 0 saturated carbocycles. The Labute approximate surface area is 153 Å². The Morgan fingerprint density at radius 3 is 2.58 bits per heavy atom. The van der Waals surface area contributed by atoms with Crippen molar-refractivity contribution in [3.8, 4) is 5.75 Å². The number of nitrogens with one attached hydrogen (secondary N) is 2. The van der Waals surface area contributed by atoms with E-state index in [9.17, 15) is 9.59 Å². The van der Waals surface area contributed by atoms with Crippen LogP contribution in [0.3, 0.4) is 0 Å². The van der Waals surface area contributed by atoms with Gasteiger partial charge in [-0.25, -0.2) is 0 Å². The van der Waals surface area contributed by atoms with E-state index in [1.807, 2.05) is 27.7 Å². The highest BCUT2D eigenvalue weighted by Gasteiger charge is 2.11. The first-order valence-corrected chi connectivity index (χ1v) is 8.59. The number of carbonyl (C=O) groups excluding carboxylic acids is 2. The van der Waals surface area contributed by atoms with Crippen LogP contribution >= 0.6 is 0 Å². The number of hydrogen-bond acceptors (Lipinski definition) is 5. The molecule has 7 heteroatoms. The average molecular weight is 359 g/mol. The summed E-state index contributed by atoms with van der Waals surface area (Å²) in [7, 11) is 0. The molecule has 0 saturated heterocycles. The molecule has 26 heavy (non-hydrogen) atoms. The molecule has 2 aromatic rings. The maximum absolute atomic E-state index is 12.2. The highest BCUT2D eigenvalue weighted by molar-refractivity contribution is 5.94. The number of nitrogens with zero attached hydrogens (tertiary/aromatic N) is 1. The molecule has 2 amide bonds. The number of hydrogen-bond donors (Lipinski definition) is 2. The molecule has 2 N–H and O–H groups in total. The minimum atomic E-state index is -0.216. The lowest BCUT2D eigenvalue weighted by Crippen LogP contribution is -2.36. The minimum Gasteiger partial charge on any atom is -0.489 e. The summed E-state index contributed by atoms with van der Waals surface area (Å²) in [5.74, 6) is 0.989. The number of aryl methyl sites for hydroxylation is 2. The van der Waals surface area contributed by atoms with Gasteiger partial charge in [0.15, 0.2) is 0 Å². The van der Waals surface area contributed by atoms with E-state index in [1.165, 1.54) is 0 Å². The topological polar surface area (TPSA) is 93.5 Å². The maximum Gasteiger partial charge on any atom is 0.251 e. The Morgan fingerprint density at radius 1 is 1.19 bits per heavy atom. The SMILES string of the molecule is Cc1noc(C)c1COc1cccc(C(=O)NCCNC(=O)C(C)C)c1. The van der Waals surface area contributed by atoms with Crippen LogP contribution in [0.2, 0.25) is 0 Å². The lowest BCUT2D eigenvalue weighted by Gasteiger charge is -2.10. The zero-order valence-corrected chi connectivity index (χ0v) is 15.6. The molecule has 0 fully saturated rings. The Bertz CT molecular complexity index is 748. The summed E-state index contributed by atoms with van der Waals surface area (Å²) in [6.45, 7) is 8.42. The van der Waals surface area contributed by atoms with E-state index in [2.05, 4.69) is 15.8 Å². The molecule has 0 unspecified atom stereocenters. The molecule has 0 aliphatic carbocycles. The molecule has 1 aromatic heterocycles. The van der Waals surface area contributed by atoms with Crippen LogP contribution in [0.25, 0.3) is 0 Å². The first-order valence-electron chi connectivity index (χ1n) is 8.59. The van der Waals surface area contributed by atoms with Crippen molar-refractivity contribution in [2.24, 2.45) is 5.92 Å². The van der Waals surface area contributed by atoms with Gasteiger partial charge < -0.3 is 19.9 Å². The van der Waals surface area contributed by atoms with Gasteiger partial charge in [0.2, 0.25) is 5.91 Å². The van der Waals surface area contributed by atoms with Crippen molar-refractivity contribution in [3.63, 3.8) is 0 Å². The lowest BCUT2D eigenvalue weighted by molar-refractivity contribution is -0.123. The van der Waals surface area contributed by atoms with E-state index in [4.69, 9.17) is 9.26 Å². The number of amides is 2. The monoisotopic (exact) mass is 359 g/mol. The van der Waals surface area contributed by atoms with Gasteiger partial charge in [0.05, 0.1) is 11.3 Å². The van der Waals surface area contributed by atoms with Crippen LogP contribution in [0.5, 0.6) is 5.75 Å². The van der Waals surface area contributed by atoms with Gasteiger partial charge in [0, 0.05) is 24.6 Å². The summed E-state index contributed by atoms with van der Waals surface area (Å²) in [5, 5.41) is 9.42. The van der Waals surface area contributed by atoms with Gasteiger partial charge in [-0.1, -0.05) is 25.1 Å². The van der Waals surface area contributed by atoms with E-state index in [-0.39, 0.29) is 17.7 Å². The average Bonchev–Trinajstić information content (AvgIpc) is 2.94. The fourth-order valence-corrected chi connectivity index (χ4v) is 2.26. The zero-order chi connectivity index (χ0) is 19.1. The van der Waals surface area contributed by atoms with Crippen molar-refractivity contribution < 1.29 is 18.8 Å². The van der Waals surface area contributed by atoms with Crippen molar-refractivity contribution in [2.75, 3.05) is 13.1 Å². The van der Waals surface area contributed by atoms with Crippen LogP contribution in [0.1, 0.15) is 41.2 Å². The molecule has 0 aliphatic heterocycles. The number of aromatic nitrogens is 1. The minimum absolute atomic E-state index is 0.0334. The van der Waals surface area contributed by atoms with Gasteiger partial charge in [-0.3, -0.25) is 9.59 Å². The van der Waals surface area contributed by atoms with Crippen LogP contribution in [-0.2, 0) is 11.4 Å². The molecule has 0 spiro atoms.